The zero-order chi connectivity index (χ0) is 23.5. The Balaban J connectivity index is 0.00000289. The summed E-state index contributed by atoms with van der Waals surface area (Å²) in [6.45, 7) is 9.20. The number of nitrogens with one attached hydrogen (secondary N) is 3. The van der Waals surface area contributed by atoms with Crippen LogP contribution in [0.3, 0.4) is 0 Å². The molecule has 0 saturated carbocycles. The Morgan fingerprint density at radius 2 is 2.00 bits per heavy atom. The molecule has 2 aromatic heterocycles. The van der Waals surface area contributed by atoms with Gasteiger partial charge >= 0.3 is 0 Å². The molecule has 3 aromatic rings. The van der Waals surface area contributed by atoms with Gasteiger partial charge in [-0.25, -0.2) is 4.98 Å². The number of hydrogen-bond donors (Lipinski definition) is 3. The van der Waals surface area contributed by atoms with Gasteiger partial charge in [0.25, 0.3) is 0 Å². The molecule has 0 aliphatic heterocycles. The first-order chi connectivity index (χ1) is 15.1. The summed E-state index contributed by atoms with van der Waals surface area (Å²) in [6.07, 6.45) is 3.27. The molecule has 0 aliphatic rings. The zero-order valence-electron chi connectivity index (χ0n) is 19.9. The lowest BCUT2D eigenvalue weighted by Crippen LogP contribution is -2.29. The second-order valence-electron chi connectivity index (χ2n) is 9.07. The van der Waals surface area contributed by atoms with Crippen LogP contribution >= 0.6 is 0 Å². The molecule has 174 valence electrons. The van der Waals surface area contributed by atoms with Crippen molar-refractivity contribution in [2.75, 3.05) is 36.5 Å². The molecular weight excluding hydrogens is 402 g/mol. The highest BCUT2D eigenvalue weighted by molar-refractivity contribution is 5.91. The summed E-state index contributed by atoms with van der Waals surface area (Å²) in [4.78, 5) is 4.71. The Hall–Kier alpha value is -3.55. The van der Waals surface area contributed by atoms with Gasteiger partial charge in [-0.15, -0.1) is 0 Å². The Kier molecular flexibility index (Phi) is 6.72. The van der Waals surface area contributed by atoms with Crippen LogP contribution in [0.2, 0.25) is 0 Å². The number of hydrazine groups is 1. The highest BCUT2D eigenvalue weighted by atomic mass is 16.5. The number of ether oxygens (including phenoxy) is 1. The van der Waals surface area contributed by atoms with E-state index >= 15 is 0 Å². The molecular formula is C24H37N7O. The third kappa shape index (κ3) is 5.38. The van der Waals surface area contributed by atoms with Crippen molar-refractivity contribution >= 4 is 23.4 Å². The van der Waals surface area contributed by atoms with Crippen LogP contribution in [0.4, 0.5) is 17.2 Å². The lowest BCUT2D eigenvalue weighted by molar-refractivity contribution is 0.416. The van der Waals surface area contributed by atoms with Gasteiger partial charge in [0.2, 0.25) is 0 Å². The van der Waals surface area contributed by atoms with Crippen molar-refractivity contribution in [1.82, 2.24) is 14.8 Å². The van der Waals surface area contributed by atoms with E-state index in [1.165, 1.54) is 6.21 Å². The summed E-state index contributed by atoms with van der Waals surface area (Å²) < 4.78 is 7.42. The maximum atomic E-state index is 7.94. The number of anilines is 3. The van der Waals surface area contributed by atoms with Crippen LogP contribution in [0.25, 0.3) is 11.3 Å². The lowest BCUT2D eigenvalue weighted by atomic mass is 9.97. The van der Waals surface area contributed by atoms with Crippen molar-refractivity contribution in [2.24, 2.45) is 12.5 Å². The van der Waals surface area contributed by atoms with Gasteiger partial charge in [0, 0.05) is 52.7 Å². The maximum absolute atomic E-state index is 7.94. The molecule has 0 aliphatic carbocycles. The first-order valence-corrected chi connectivity index (χ1v) is 10.6. The van der Waals surface area contributed by atoms with E-state index in [2.05, 4.69) is 36.6 Å². The van der Waals surface area contributed by atoms with Crippen LogP contribution in [0.15, 0.2) is 36.5 Å². The van der Waals surface area contributed by atoms with Crippen molar-refractivity contribution in [1.29, 1.82) is 5.41 Å². The van der Waals surface area contributed by atoms with E-state index in [1.54, 1.807) is 11.8 Å². The van der Waals surface area contributed by atoms with E-state index in [4.69, 9.17) is 15.1 Å². The lowest BCUT2D eigenvalue weighted by Gasteiger charge is -2.28. The second kappa shape index (κ2) is 9.30. The fourth-order valence-electron chi connectivity index (χ4n) is 3.37. The van der Waals surface area contributed by atoms with Gasteiger partial charge in [-0.3, -0.25) is 15.1 Å². The van der Waals surface area contributed by atoms with Crippen molar-refractivity contribution in [3.05, 3.63) is 47.8 Å². The minimum Gasteiger partial charge on any atom is -0.494 e. The minimum absolute atomic E-state index is 0. The number of benzene rings is 1. The Labute approximate surface area is 193 Å². The summed E-state index contributed by atoms with van der Waals surface area (Å²) >= 11 is 0. The van der Waals surface area contributed by atoms with Gasteiger partial charge in [-0.1, -0.05) is 26.8 Å². The number of rotatable bonds is 8. The van der Waals surface area contributed by atoms with Crippen LogP contribution in [-0.4, -0.2) is 41.7 Å². The first kappa shape index (κ1) is 23.1. The standard InChI is InChI=1S/C24H33N7O.2H2/c1-16-12-18(14-25)22(23(27-16)26-15-24(2,3)4)31(6)29-20-9-8-17(13-21(20)32-7)19-10-11-30(5)28-19;;/h8-14,25,29H,15H2,1-7H3,(H,26,27);2*1H. The van der Waals surface area contributed by atoms with Crippen LogP contribution in [0, 0.1) is 17.7 Å². The Morgan fingerprint density at radius 3 is 2.59 bits per heavy atom. The van der Waals surface area contributed by atoms with Gasteiger partial charge in [0.05, 0.1) is 18.5 Å². The van der Waals surface area contributed by atoms with E-state index in [9.17, 15) is 0 Å². The van der Waals surface area contributed by atoms with Gasteiger partial charge in [0.15, 0.2) is 5.82 Å². The summed E-state index contributed by atoms with van der Waals surface area (Å²) in [5.74, 6) is 1.43. The quantitative estimate of drug-likeness (QED) is 0.330. The van der Waals surface area contributed by atoms with E-state index in [0.29, 0.717) is 5.75 Å². The summed E-state index contributed by atoms with van der Waals surface area (Å²) in [6, 6.07) is 9.81. The minimum atomic E-state index is 0. The average Bonchev–Trinajstić information content (AvgIpc) is 3.17. The largest absolute Gasteiger partial charge is 0.494 e. The molecule has 0 amide bonds. The average molecular weight is 440 g/mol. The molecule has 32 heavy (non-hydrogen) atoms. The Bertz CT molecular complexity index is 1110. The van der Waals surface area contributed by atoms with Gasteiger partial charge in [-0.2, -0.15) is 5.10 Å². The topological polar surface area (TPSA) is 91.1 Å². The van der Waals surface area contributed by atoms with Gasteiger partial charge in [0.1, 0.15) is 11.4 Å². The van der Waals surface area contributed by atoms with Crippen molar-refractivity contribution in [3.63, 3.8) is 0 Å². The highest BCUT2D eigenvalue weighted by Gasteiger charge is 2.19. The maximum Gasteiger partial charge on any atom is 0.152 e. The van der Waals surface area contributed by atoms with E-state index in [0.717, 1.165) is 46.3 Å². The van der Waals surface area contributed by atoms with Crippen molar-refractivity contribution in [2.45, 2.75) is 27.7 Å². The number of aromatic nitrogens is 3. The van der Waals surface area contributed by atoms with Gasteiger partial charge in [-0.05, 0) is 36.6 Å². The molecule has 0 fully saturated rings. The smallest absolute Gasteiger partial charge is 0.152 e. The van der Waals surface area contributed by atoms with Crippen LogP contribution in [0.5, 0.6) is 5.75 Å². The molecule has 0 unspecified atom stereocenters. The first-order valence-electron chi connectivity index (χ1n) is 10.6. The molecule has 8 nitrogen and oxygen atoms in total. The monoisotopic (exact) mass is 439 g/mol. The third-order valence-electron chi connectivity index (χ3n) is 4.93. The van der Waals surface area contributed by atoms with Gasteiger partial charge < -0.3 is 15.5 Å². The molecule has 0 bridgehead atoms. The normalized spacial score (nSPS) is 11.2. The molecule has 0 saturated heterocycles. The molecule has 1 aromatic carbocycles. The third-order valence-corrected chi connectivity index (χ3v) is 4.93. The van der Waals surface area contributed by atoms with Crippen LogP contribution < -0.4 is 20.5 Å². The van der Waals surface area contributed by atoms with Crippen molar-refractivity contribution in [3.8, 4) is 17.0 Å². The Morgan fingerprint density at radius 1 is 1.25 bits per heavy atom. The molecule has 3 rings (SSSR count). The predicted octanol–water partition coefficient (Wildman–Crippen LogP) is 5.21. The van der Waals surface area contributed by atoms with E-state index in [1.807, 2.05) is 62.6 Å². The molecule has 0 atom stereocenters. The number of pyridine rings is 1. The predicted molar refractivity (Wildman–Crippen MR) is 136 cm³/mol. The number of aryl methyl sites for hydroxylation is 2. The second-order valence-corrected chi connectivity index (χ2v) is 9.07. The highest BCUT2D eigenvalue weighted by Crippen LogP contribution is 2.33. The fourth-order valence-corrected chi connectivity index (χ4v) is 3.37. The number of nitrogens with zero attached hydrogens (tertiary/aromatic N) is 4. The van der Waals surface area contributed by atoms with Crippen LogP contribution in [-0.2, 0) is 7.05 Å². The molecule has 3 N–H and O–H groups in total. The number of methoxy groups -OCH3 is 1. The van der Waals surface area contributed by atoms with E-state index in [-0.39, 0.29) is 8.27 Å². The molecule has 0 radical (unpaired) electrons. The molecule has 8 heteroatoms. The summed E-state index contributed by atoms with van der Waals surface area (Å²) in [5, 5.41) is 17.7. The molecule has 2 heterocycles. The SMILES string of the molecule is COc1cc(-c2ccn(C)n2)ccc1NN(C)c1c(C=N)cc(C)nc1NCC(C)(C)C.[HH].[HH]. The number of hydrogen-bond acceptors (Lipinski definition) is 7. The fraction of sp³-hybridized carbons (Fsp3) is 0.375. The summed E-state index contributed by atoms with van der Waals surface area (Å²) in [7, 11) is 5.45. The molecule has 0 spiro atoms. The zero-order valence-corrected chi connectivity index (χ0v) is 19.9. The van der Waals surface area contributed by atoms with E-state index < -0.39 is 0 Å². The summed E-state index contributed by atoms with van der Waals surface area (Å²) in [5.41, 5.74) is 8.56. The van der Waals surface area contributed by atoms with Crippen molar-refractivity contribution < 1.29 is 7.59 Å². The van der Waals surface area contributed by atoms with Crippen LogP contribution in [0.1, 0.15) is 34.9 Å².